The Balaban J connectivity index is 2.19. The van der Waals surface area contributed by atoms with E-state index in [0.717, 1.165) is 31.4 Å². The molecule has 0 spiro atoms. The maximum Gasteiger partial charge on any atom is 0.126 e. The van der Waals surface area contributed by atoms with Gasteiger partial charge in [-0.05, 0) is 51.3 Å². The molecule has 1 heterocycles. The molecule has 1 fully saturated rings. The summed E-state index contributed by atoms with van der Waals surface area (Å²) in [5.74, 6) is -0.105. The highest BCUT2D eigenvalue weighted by molar-refractivity contribution is 5.19. The van der Waals surface area contributed by atoms with Crippen LogP contribution in [0.3, 0.4) is 0 Å². The number of ether oxygens (including phenoxy) is 1. The van der Waals surface area contributed by atoms with Gasteiger partial charge in [0, 0.05) is 19.2 Å². The average molecular weight is 265 g/mol. The molecule has 1 aromatic rings. The lowest BCUT2D eigenvalue weighted by Gasteiger charge is -2.43. The van der Waals surface area contributed by atoms with Crippen molar-refractivity contribution in [3.05, 3.63) is 35.6 Å². The van der Waals surface area contributed by atoms with E-state index in [1.807, 2.05) is 12.1 Å². The first-order valence-electron chi connectivity index (χ1n) is 7.15. The molecule has 0 aromatic heterocycles. The number of hydrogen-bond acceptors (Lipinski definition) is 2. The number of benzene rings is 1. The van der Waals surface area contributed by atoms with Crippen LogP contribution in [0.1, 0.15) is 32.3 Å². The van der Waals surface area contributed by atoms with Crippen molar-refractivity contribution in [2.75, 3.05) is 13.7 Å². The van der Waals surface area contributed by atoms with Crippen molar-refractivity contribution in [2.24, 2.45) is 0 Å². The number of rotatable bonds is 4. The standard InChI is InChI=1S/C16H24FNO/c1-12(2)18-10-6-9-16(19-3)15(18)11-13-7-4-5-8-14(13)17/h4-5,7-8,12,15-16H,6,9-11H2,1-3H3/t15-,16-/m0/s1. The summed E-state index contributed by atoms with van der Waals surface area (Å²) in [4.78, 5) is 2.45. The van der Waals surface area contributed by atoms with Gasteiger partial charge in [-0.2, -0.15) is 0 Å². The molecule has 0 aliphatic carbocycles. The van der Waals surface area contributed by atoms with Crippen LogP contribution in [-0.2, 0) is 11.2 Å². The largest absolute Gasteiger partial charge is 0.380 e. The maximum absolute atomic E-state index is 13.8. The Kier molecular flexibility index (Phi) is 4.94. The zero-order valence-electron chi connectivity index (χ0n) is 12.1. The van der Waals surface area contributed by atoms with E-state index >= 15 is 0 Å². The number of halogens is 1. The lowest BCUT2D eigenvalue weighted by atomic mass is 9.91. The second-order valence-corrected chi connectivity index (χ2v) is 5.61. The molecular weight excluding hydrogens is 241 g/mol. The van der Waals surface area contributed by atoms with Crippen LogP contribution in [0.15, 0.2) is 24.3 Å². The summed E-state index contributed by atoms with van der Waals surface area (Å²) in [6.45, 7) is 5.48. The highest BCUT2D eigenvalue weighted by atomic mass is 19.1. The van der Waals surface area contributed by atoms with Gasteiger partial charge in [0.2, 0.25) is 0 Å². The Labute approximate surface area is 115 Å². The number of nitrogens with zero attached hydrogens (tertiary/aromatic N) is 1. The van der Waals surface area contributed by atoms with E-state index in [1.165, 1.54) is 0 Å². The second kappa shape index (κ2) is 6.49. The van der Waals surface area contributed by atoms with E-state index in [0.29, 0.717) is 6.04 Å². The first kappa shape index (κ1) is 14.5. The van der Waals surface area contributed by atoms with E-state index < -0.39 is 0 Å². The predicted molar refractivity (Wildman–Crippen MR) is 75.8 cm³/mol. The fourth-order valence-electron chi connectivity index (χ4n) is 3.10. The molecule has 0 saturated carbocycles. The van der Waals surface area contributed by atoms with Gasteiger partial charge in [-0.25, -0.2) is 4.39 Å². The van der Waals surface area contributed by atoms with E-state index in [1.54, 1.807) is 19.2 Å². The lowest BCUT2D eigenvalue weighted by molar-refractivity contribution is -0.0307. The quantitative estimate of drug-likeness (QED) is 0.828. The highest BCUT2D eigenvalue weighted by Gasteiger charge is 2.33. The molecule has 0 unspecified atom stereocenters. The molecule has 3 heteroatoms. The molecule has 0 amide bonds. The van der Waals surface area contributed by atoms with Crippen LogP contribution >= 0.6 is 0 Å². The van der Waals surface area contributed by atoms with Crippen LogP contribution in [0.5, 0.6) is 0 Å². The SMILES string of the molecule is CO[C@H]1CCCN(C(C)C)[C@H]1Cc1ccccc1F. The van der Waals surface area contributed by atoms with Gasteiger partial charge in [0.15, 0.2) is 0 Å². The van der Waals surface area contributed by atoms with Crippen molar-refractivity contribution < 1.29 is 9.13 Å². The summed E-state index contributed by atoms with van der Waals surface area (Å²) in [6, 6.07) is 7.82. The number of methoxy groups -OCH3 is 1. The summed E-state index contributed by atoms with van der Waals surface area (Å²) in [5.41, 5.74) is 0.794. The Morgan fingerprint density at radius 2 is 2.11 bits per heavy atom. The molecule has 0 N–H and O–H groups in total. The third kappa shape index (κ3) is 3.34. The molecule has 106 valence electrons. The zero-order chi connectivity index (χ0) is 13.8. The molecule has 1 aromatic carbocycles. The molecular formula is C16H24FNO. The Morgan fingerprint density at radius 3 is 2.74 bits per heavy atom. The van der Waals surface area contributed by atoms with Crippen LogP contribution in [0, 0.1) is 5.82 Å². The molecule has 1 saturated heterocycles. The monoisotopic (exact) mass is 265 g/mol. The lowest BCUT2D eigenvalue weighted by Crippen LogP contribution is -2.52. The number of hydrogen-bond donors (Lipinski definition) is 0. The maximum atomic E-state index is 13.8. The van der Waals surface area contributed by atoms with E-state index in [2.05, 4.69) is 18.7 Å². The third-order valence-electron chi connectivity index (χ3n) is 4.11. The zero-order valence-corrected chi connectivity index (χ0v) is 12.1. The van der Waals surface area contributed by atoms with Gasteiger partial charge in [-0.15, -0.1) is 0 Å². The first-order chi connectivity index (χ1) is 9.13. The Morgan fingerprint density at radius 1 is 1.37 bits per heavy atom. The molecule has 0 radical (unpaired) electrons. The number of likely N-dealkylation sites (tertiary alicyclic amines) is 1. The predicted octanol–water partition coefficient (Wildman–Crippen LogP) is 3.26. The van der Waals surface area contributed by atoms with Crippen molar-refractivity contribution in [2.45, 2.75) is 51.3 Å². The summed E-state index contributed by atoms with van der Waals surface area (Å²) in [6.07, 6.45) is 3.16. The van der Waals surface area contributed by atoms with Gasteiger partial charge in [-0.3, -0.25) is 4.90 Å². The van der Waals surface area contributed by atoms with Gasteiger partial charge in [0.05, 0.1) is 6.10 Å². The summed E-state index contributed by atoms with van der Waals surface area (Å²) in [7, 11) is 1.77. The van der Waals surface area contributed by atoms with Crippen molar-refractivity contribution in [1.29, 1.82) is 0 Å². The summed E-state index contributed by atoms with van der Waals surface area (Å²) < 4.78 is 19.5. The van der Waals surface area contributed by atoms with Gasteiger partial charge in [0.1, 0.15) is 5.82 Å². The van der Waals surface area contributed by atoms with Crippen molar-refractivity contribution in [3.8, 4) is 0 Å². The average Bonchev–Trinajstić information content (AvgIpc) is 2.41. The fourth-order valence-corrected chi connectivity index (χ4v) is 3.10. The molecule has 0 bridgehead atoms. The smallest absolute Gasteiger partial charge is 0.126 e. The minimum Gasteiger partial charge on any atom is -0.380 e. The van der Waals surface area contributed by atoms with Crippen molar-refractivity contribution in [3.63, 3.8) is 0 Å². The van der Waals surface area contributed by atoms with Crippen LogP contribution in [-0.4, -0.2) is 36.7 Å². The normalized spacial score (nSPS) is 24.9. The van der Waals surface area contributed by atoms with E-state index in [9.17, 15) is 4.39 Å². The highest BCUT2D eigenvalue weighted by Crippen LogP contribution is 2.26. The first-order valence-corrected chi connectivity index (χ1v) is 7.15. The molecule has 2 atom stereocenters. The van der Waals surface area contributed by atoms with Crippen LogP contribution in [0.25, 0.3) is 0 Å². The van der Waals surface area contributed by atoms with Gasteiger partial charge < -0.3 is 4.74 Å². The van der Waals surface area contributed by atoms with Crippen molar-refractivity contribution in [1.82, 2.24) is 4.90 Å². The van der Waals surface area contributed by atoms with Crippen LogP contribution in [0.2, 0.25) is 0 Å². The van der Waals surface area contributed by atoms with Gasteiger partial charge in [-0.1, -0.05) is 18.2 Å². The second-order valence-electron chi connectivity index (χ2n) is 5.61. The van der Waals surface area contributed by atoms with Crippen molar-refractivity contribution >= 4 is 0 Å². The third-order valence-corrected chi connectivity index (χ3v) is 4.11. The summed E-state index contributed by atoms with van der Waals surface area (Å²) in [5, 5.41) is 0. The summed E-state index contributed by atoms with van der Waals surface area (Å²) >= 11 is 0. The minimum atomic E-state index is -0.105. The van der Waals surface area contributed by atoms with Gasteiger partial charge in [0.25, 0.3) is 0 Å². The molecule has 2 rings (SSSR count). The van der Waals surface area contributed by atoms with Gasteiger partial charge >= 0.3 is 0 Å². The Bertz CT molecular complexity index is 407. The van der Waals surface area contributed by atoms with E-state index in [4.69, 9.17) is 4.74 Å². The fraction of sp³-hybridized carbons (Fsp3) is 0.625. The minimum absolute atomic E-state index is 0.105. The molecule has 1 aliphatic heterocycles. The molecule has 1 aliphatic rings. The van der Waals surface area contributed by atoms with Crippen LogP contribution in [0.4, 0.5) is 4.39 Å². The molecule has 19 heavy (non-hydrogen) atoms. The number of piperidine rings is 1. The topological polar surface area (TPSA) is 12.5 Å². The van der Waals surface area contributed by atoms with E-state index in [-0.39, 0.29) is 18.0 Å². The van der Waals surface area contributed by atoms with Crippen LogP contribution < -0.4 is 0 Å². The molecule has 2 nitrogen and oxygen atoms in total. The Hall–Kier alpha value is -0.930.